The molecule has 532 valence electrons. The van der Waals surface area contributed by atoms with E-state index in [1.807, 2.05) is 222 Å². The molecule has 0 atom stereocenters. The van der Waals surface area contributed by atoms with Gasteiger partial charge >= 0.3 is 0 Å². The molecule has 9 heterocycles. The van der Waals surface area contributed by atoms with Crippen LogP contribution < -0.4 is 0 Å². The third-order valence-corrected chi connectivity index (χ3v) is 20.6. The molecule has 0 spiro atoms. The topological polar surface area (TPSA) is 172 Å². The Morgan fingerprint density at radius 1 is 0.248 bits per heavy atom. The molecule has 113 heavy (non-hydrogen) atoms. The smallest absolute Gasteiger partial charge is 0.238 e. The molecule has 0 saturated heterocycles. The summed E-state index contributed by atoms with van der Waals surface area (Å²) in [5.41, 5.74) is 19.9. The maximum atomic E-state index is 6.08. The Labute approximate surface area is 652 Å². The molecule has 1 N–H and O–H groups in total. The first-order chi connectivity index (χ1) is 55.9. The number of rotatable bonds is 11. The molecule has 0 aliphatic carbocycles. The van der Waals surface area contributed by atoms with E-state index in [0.717, 1.165) is 132 Å². The van der Waals surface area contributed by atoms with Crippen LogP contribution in [0.5, 0.6) is 0 Å². The number of halogens is 1. The van der Waals surface area contributed by atoms with Crippen LogP contribution in [0.4, 0.5) is 0 Å². The van der Waals surface area contributed by atoms with Gasteiger partial charge in [0.25, 0.3) is 0 Å². The zero-order chi connectivity index (χ0) is 75.1. The number of para-hydroxylation sites is 4. The molecule has 0 fully saturated rings. The van der Waals surface area contributed by atoms with E-state index < -0.39 is 0 Å². The van der Waals surface area contributed by atoms with Crippen molar-refractivity contribution in [3.8, 4) is 108 Å². The van der Waals surface area contributed by atoms with Crippen LogP contribution in [0.2, 0.25) is 5.28 Å². The fourth-order valence-electron chi connectivity index (χ4n) is 15.0. The summed E-state index contributed by atoms with van der Waals surface area (Å²) >= 11 is 6.08. The van der Waals surface area contributed by atoms with Crippen LogP contribution in [-0.2, 0) is 0 Å². The first kappa shape index (κ1) is 67.1. The summed E-state index contributed by atoms with van der Waals surface area (Å²) in [5.74, 6) is 4.24. The lowest BCUT2D eigenvalue weighted by Crippen LogP contribution is -2.06. The minimum Gasteiger partial charge on any atom is -0.354 e. The third kappa shape index (κ3) is 12.8. The number of aromatic nitrogens is 15. The number of nitrogens with zero attached hydrogens (tertiary/aromatic N) is 14. The number of nitrogens with one attached hydrogen (secondary N) is 1. The second-order valence-electron chi connectivity index (χ2n) is 27.2. The second kappa shape index (κ2) is 29.0. The van der Waals surface area contributed by atoms with Gasteiger partial charge in [-0.25, -0.2) is 29.9 Å². The molecule has 22 aromatic rings. The summed E-state index contributed by atoms with van der Waals surface area (Å²) in [6, 6.07) is 119. The first-order valence-corrected chi connectivity index (χ1v) is 37.5. The fraction of sp³-hybridized carbons (Fsp3) is 0. The lowest BCUT2D eigenvalue weighted by molar-refractivity contribution is 0.933. The minimum atomic E-state index is 0.269. The van der Waals surface area contributed by atoms with Crippen LogP contribution in [0.1, 0.15) is 0 Å². The van der Waals surface area contributed by atoms with E-state index in [9.17, 15) is 0 Å². The molecule has 0 unspecified atom stereocenters. The summed E-state index contributed by atoms with van der Waals surface area (Å²) in [4.78, 5) is 57.0. The summed E-state index contributed by atoms with van der Waals surface area (Å²) in [7, 11) is 0. The van der Waals surface area contributed by atoms with Gasteiger partial charge in [-0.2, -0.15) is 19.9 Å². The van der Waals surface area contributed by atoms with Gasteiger partial charge in [0.15, 0.2) is 23.3 Å². The predicted molar refractivity (Wildman–Crippen MR) is 456 cm³/mol. The van der Waals surface area contributed by atoms with Gasteiger partial charge in [-0.15, -0.1) is 0 Å². The maximum Gasteiger partial charge on any atom is 0.238 e. The van der Waals surface area contributed by atoms with Gasteiger partial charge in [-0.05, 0) is 83.4 Å². The highest BCUT2D eigenvalue weighted by Gasteiger charge is 2.23. The Balaban J connectivity index is 0.000000123. The number of H-pyrrole nitrogens is 1. The average molecular weight is 1470 g/mol. The molecule has 0 amide bonds. The molecule has 0 radical (unpaired) electrons. The van der Waals surface area contributed by atoms with Crippen LogP contribution in [0.25, 0.3) is 196 Å². The van der Waals surface area contributed by atoms with Gasteiger partial charge in [0.05, 0.1) is 55.7 Å². The highest BCUT2D eigenvalue weighted by molar-refractivity contribution is 6.29. The number of hydrogen-bond acceptors (Lipinski definition) is 11. The number of fused-ring (bicyclic) bond motifs is 12. The van der Waals surface area contributed by atoms with Gasteiger partial charge in [0.1, 0.15) is 0 Å². The largest absolute Gasteiger partial charge is 0.354 e. The van der Waals surface area contributed by atoms with Crippen molar-refractivity contribution < 1.29 is 0 Å². The van der Waals surface area contributed by atoms with Gasteiger partial charge in [-0.1, -0.05) is 291 Å². The maximum absolute atomic E-state index is 6.08. The Bertz CT molecular complexity index is 7170. The molecule has 0 bridgehead atoms. The molecule has 15 nitrogen and oxygen atoms in total. The Kier molecular flexibility index (Phi) is 17.2. The van der Waals surface area contributed by atoms with Crippen LogP contribution >= 0.6 is 11.6 Å². The van der Waals surface area contributed by atoms with E-state index in [1.165, 1.54) is 21.9 Å². The van der Waals surface area contributed by atoms with Crippen molar-refractivity contribution in [2.24, 2.45) is 0 Å². The molecule has 0 aliphatic rings. The Hall–Kier alpha value is -15.3. The highest BCUT2D eigenvalue weighted by atomic mass is 35.5. The van der Waals surface area contributed by atoms with Crippen LogP contribution in [0.3, 0.4) is 0 Å². The van der Waals surface area contributed by atoms with Gasteiger partial charge in [-0.3, -0.25) is 18.7 Å². The molecule has 13 aromatic carbocycles. The molecule has 0 aliphatic heterocycles. The number of aromatic amines is 1. The van der Waals surface area contributed by atoms with E-state index in [4.69, 9.17) is 51.5 Å². The summed E-state index contributed by atoms with van der Waals surface area (Å²) in [6.45, 7) is 0. The van der Waals surface area contributed by atoms with E-state index in [0.29, 0.717) is 41.1 Å². The zero-order valence-corrected chi connectivity index (χ0v) is 61.1. The predicted octanol–water partition coefficient (Wildman–Crippen LogP) is 23.3. The summed E-state index contributed by atoms with van der Waals surface area (Å²) in [5, 5.41) is 9.09. The minimum absolute atomic E-state index is 0.269. The lowest BCUT2D eigenvalue weighted by atomic mass is 10.0. The van der Waals surface area contributed by atoms with Crippen molar-refractivity contribution in [3.05, 3.63) is 376 Å². The van der Waals surface area contributed by atoms with Crippen molar-refractivity contribution in [3.63, 3.8) is 0 Å². The highest BCUT2D eigenvalue weighted by Crippen LogP contribution is 2.40. The SMILES string of the molecule is Clc1nc(-c2ccc(-c3ccccc3)cc2)c2ccccc2n1.c1ccc(-c2nc(-c3ccccc3)nc(-n3ccc4c3ccc3c5ccccc5n(-c5nc(-c6ccc(-c7ccccn7)cc6)c6ccccc6n5)c34)n2)cc1.c1ccc(-c2nc(-c3ccccc3)nc(-n3ccc4c5[nH]c6ccccc6c5ccc43)n2)cc1. The van der Waals surface area contributed by atoms with Crippen LogP contribution in [-0.4, -0.2) is 73.5 Å². The van der Waals surface area contributed by atoms with E-state index >= 15 is 0 Å². The number of pyridine rings is 1. The van der Waals surface area contributed by atoms with E-state index in [1.54, 1.807) is 0 Å². The summed E-state index contributed by atoms with van der Waals surface area (Å²) < 4.78 is 6.29. The lowest BCUT2D eigenvalue weighted by Gasteiger charge is -2.13. The first-order valence-electron chi connectivity index (χ1n) is 37.1. The molecule has 0 saturated carbocycles. The van der Waals surface area contributed by atoms with Crippen LogP contribution in [0, 0.1) is 0 Å². The molecule has 22 rings (SSSR count). The third-order valence-electron chi connectivity index (χ3n) is 20.4. The normalized spacial score (nSPS) is 11.4. The van der Waals surface area contributed by atoms with Crippen molar-refractivity contribution in [1.29, 1.82) is 0 Å². The van der Waals surface area contributed by atoms with Gasteiger partial charge in [0.2, 0.25) is 23.1 Å². The monoisotopic (exact) mass is 1470 g/mol. The number of hydrogen-bond donors (Lipinski definition) is 1. The second-order valence-corrected chi connectivity index (χ2v) is 27.6. The van der Waals surface area contributed by atoms with E-state index in [-0.39, 0.29) is 5.28 Å². The van der Waals surface area contributed by atoms with Crippen molar-refractivity contribution >= 4 is 98.8 Å². The summed E-state index contributed by atoms with van der Waals surface area (Å²) in [6.07, 6.45) is 5.90. The van der Waals surface area contributed by atoms with Gasteiger partial charge in [0, 0.05) is 106 Å². The van der Waals surface area contributed by atoms with Crippen molar-refractivity contribution in [2.45, 2.75) is 0 Å². The average Bonchev–Trinajstić information content (AvgIpc) is 1.57. The Morgan fingerprint density at radius 3 is 1.22 bits per heavy atom. The molecule has 9 aromatic heterocycles. The zero-order valence-electron chi connectivity index (χ0n) is 60.4. The molecule has 16 heteroatoms. The van der Waals surface area contributed by atoms with E-state index in [2.05, 4.69) is 182 Å². The van der Waals surface area contributed by atoms with Crippen molar-refractivity contribution in [2.75, 3.05) is 0 Å². The molecular formula is C97H62ClN15. The quantitative estimate of drug-likeness (QED) is 0.122. The van der Waals surface area contributed by atoms with Gasteiger partial charge < -0.3 is 4.98 Å². The standard InChI is InChI=1S/C48H30N8.C29H19N5.C20H13ClN2/c1-3-13-33(14-4-1)45-52-46(34-15-5-2-6-16-34)54-47(53-45)55-30-28-38-41(55)27-26-36-35-17-8-10-21-42(35)56(44(36)38)48-50-40-20-9-7-18-37(40)43(51-48)32-24-22-31(23-25-32)39-19-11-12-29-49-39;1-3-9-19(10-4-1)27-31-28(20-11-5-2-6-12-20)33-29(32-27)34-18-17-23-25(34)16-15-22-21-13-7-8-14-24(21)30-26(22)23;21-20-22-18-9-5-4-8-17(18)19(23-20)16-12-10-15(11-13-16)14-6-2-1-3-7-14/h1-30H;1-18,30H;1-13H. The fourth-order valence-corrected chi connectivity index (χ4v) is 15.2. The number of benzene rings is 13. The molecular weight excluding hydrogens is 1410 g/mol. The van der Waals surface area contributed by atoms with Crippen LogP contribution in [0.15, 0.2) is 370 Å². The van der Waals surface area contributed by atoms with Crippen molar-refractivity contribution in [1.82, 2.24) is 73.5 Å². The Morgan fingerprint density at radius 2 is 0.673 bits per heavy atom.